The molecule has 3 aromatic carbocycles. The second-order valence-electron chi connectivity index (χ2n) is 8.84. The second kappa shape index (κ2) is 11.2. The van der Waals surface area contributed by atoms with E-state index in [-0.39, 0.29) is 12.6 Å². The summed E-state index contributed by atoms with van der Waals surface area (Å²) >= 11 is 3.38. The Labute approximate surface area is 219 Å². The highest BCUT2D eigenvalue weighted by atomic mass is 79.9. The molecule has 0 radical (unpaired) electrons. The Hall–Kier alpha value is -3.20. The van der Waals surface area contributed by atoms with Crippen LogP contribution in [0.1, 0.15) is 42.7 Å². The smallest absolute Gasteiger partial charge is 0.432 e. The molecule has 1 N–H and O–H groups in total. The van der Waals surface area contributed by atoms with Crippen molar-refractivity contribution >= 4 is 27.9 Å². The minimum Gasteiger partial charge on any atom is -0.497 e. The van der Waals surface area contributed by atoms with Crippen LogP contribution in [0.25, 0.3) is 0 Å². The van der Waals surface area contributed by atoms with E-state index in [1.54, 1.807) is 43.3 Å². The molecule has 0 aliphatic carbocycles. The van der Waals surface area contributed by atoms with Crippen LogP contribution in [0, 0.1) is 5.92 Å². The van der Waals surface area contributed by atoms with Gasteiger partial charge in [0.1, 0.15) is 11.9 Å². The number of imide groups is 1. The third-order valence-electron chi connectivity index (χ3n) is 6.48. The number of carbonyl (C=O) groups is 2. The number of cyclic esters (lactones) is 1. The van der Waals surface area contributed by atoms with Crippen LogP contribution in [0.5, 0.6) is 5.75 Å². The van der Waals surface area contributed by atoms with Gasteiger partial charge in [-0.3, -0.25) is 4.79 Å². The monoisotopic (exact) mass is 552 g/mol. The number of hydrogen-bond acceptors (Lipinski definition) is 6. The molecule has 1 saturated heterocycles. The summed E-state index contributed by atoms with van der Waals surface area (Å²) in [6.07, 6.45) is -2.42. The quantitative estimate of drug-likeness (QED) is 0.407. The molecule has 1 aliphatic rings. The van der Waals surface area contributed by atoms with Crippen molar-refractivity contribution in [3.05, 3.63) is 100 Å². The van der Waals surface area contributed by atoms with Crippen molar-refractivity contribution in [1.29, 1.82) is 0 Å². The Morgan fingerprint density at radius 3 is 2.31 bits per heavy atom. The zero-order valence-corrected chi connectivity index (χ0v) is 22.0. The fourth-order valence-corrected chi connectivity index (χ4v) is 4.58. The van der Waals surface area contributed by atoms with Crippen LogP contribution >= 0.6 is 15.9 Å². The summed E-state index contributed by atoms with van der Waals surface area (Å²) in [5.41, 5.74) is 2.32. The van der Waals surface area contributed by atoms with Gasteiger partial charge in [0, 0.05) is 11.0 Å². The first-order chi connectivity index (χ1) is 17.3. The Bertz CT molecular complexity index is 1190. The number of aliphatic hydroxyl groups is 1. The topological polar surface area (TPSA) is 79.3 Å². The minimum absolute atomic E-state index is 0.288. The summed E-state index contributed by atoms with van der Waals surface area (Å²) in [7, 11) is 1.60. The van der Waals surface area contributed by atoms with E-state index in [9.17, 15) is 14.7 Å². The van der Waals surface area contributed by atoms with E-state index in [1.165, 1.54) is 0 Å². The lowest BCUT2D eigenvalue weighted by atomic mass is 9.96. The van der Waals surface area contributed by atoms with E-state index < -0.39 is 30.1 Å². The number of carbonyl (C=O) groups excluding carboxylic acids is 2. The molecular formula is C28H29BrN2O5. The highest BCUT2D eigenvalue weighted by Gasteiger charge is 2.45. The highest BCUT2D eigenvalue weighted by Crippen LogP contribution is 2.35. The van der Waals surface area contributed by atoms with Gasteiger partial charge >= 0.3 is 6.09 Å². The number of methoxy groups -OCH3 is 1. The second-order valence-corrected chi connectivity index (χ2v) is 9.75. The molecule has 0 saturated carbocycles. The van der Waals surface area contributed by atoms with E-state index in [2.05, 4.69) is 15.9 Å². The summed E-state index contributed by atoms with van der Waals surface area (Å²) in [5, 5.41) is 13.7. The molecule has 7 nitrogen and oxygen atoms in total. The standard InChI is InChI=1S/C28H29BrN2O5/c1-18(25(32)21-11-13-23(29)14-12-21)27(33)31-28(34)36-26(22-7-5-4-6-8-22)19(2)30(31)17-20-9-15-24(35-3)16-10-20/h4-16,18-19,25-26,32H,17H2,1-3H3/t18-,19-,25-,26-/m0/s1. The number of hydrogen-bond donors (Lipinski definition) is 1. The molecule has 1 heterocycles. The molecule has 1 fully saturated rings. The number of halogens is 1. The summed E-state index contributed by atoms with van der Waals surface area (Å²) in [6.45, 7) is 3.82. The Balaban J connectivity index is 1.65. The number of benzene rings is 3. The minimum atomic E-state index is -1.09. The van der Waals surface area contributed by atoms with Crippen molar-refractivity contribution < 1.29 is 24.2 Å². The molecule has 0 bridgehead atoms. The number of nitrogens with zero attached hydrogens (tertiary/aromatic N) is 2. The Morgan fingerprint density at radius 1 is 1.06 bits per heavy atom. The number of amides is 2. The van der Waals surface area contributed by atoms with Crippen LogP contribution in [0.15, 0.2) is 83.3 Å². The first-order valence-corrected chi connectivity index (χ1v) is 12.5. The Morgan fingerprint density at radius 2 is 1.69 bits per heavy atom. The maximum Gasteiger partial charge on any atom is 0.432 e. The molecule has 36 heavy (non-hydrogen) atoms. The lowest BCUT2D eigenvalue weighted by Gasteiger charge is -2.45. The summed E-state index contributed by atoms with van der Waals surface area (Å²) in [4.78, 5) is 27.0. The van der Waals surface area contributed by atoms with Crippen molar-refractivity contribution in [3.63, 3.8) is 0 Å². The van der Waals surface area contributed by atoms with Gasteiger partial charge < -0.3 is 14.6 Å². The lowest BCUT2D eigenvalue weighted by molar-refractivity contribution is -0.177. The SMILES string of the molecule is COc1ccc(CN2[C@@H](C)[C@@H](c3ccccc3)OC(=O)N2C(=O)[C@@H](C)[C@H](O)c2ccc(Br)cc2)cc1. The predicted molar refractivity (Wildman–Crippen MR) is 139 cm³/mol. The third kappa shape index (κ3) is 5.46. The van der Waals surface area contributed by atoms with Crippen molar-refractivity contribution in [1.82, 2.24) is 10.0 Å². The average Bonchev–Trinajstić information content (AvgIpc) is 2.90. The number of ether oxygens (including phenoxy) is 2. The maximum atomic E-state index is 13.7. The normalized spacial score (nSPS) is 19.9. The molecular weight excluding hydrogens is 524 g/mol. The lowest BCUT2D eigenvalue weighted by Crippen LogP contribution is -2.61. The maximum absolute atomic E-state index is 13.7. The Kier molecular flexibility index (Phi) is 8.08. The van der Waals surface area contributed by atoms with E-state index in [0.29, 0.717) is 11.3 Å². The first-order valence-electron chi connectivity index (χ1n) is 11.7. The molecule has 4 rings (SSSR count). The fourth-order valence-electron chi connectivity index (χ4n) is 4.32. The molecule has 8 heteroatoms. The molecule has 4 atom stereocenters. The van der Waals surface area contributed by atoms with Gasteiger partial charge in [-0.15, -0.1) is 0 Å². The summed E-state index contributed by atoms with van der Waals surface area (Å²) < 4.78 is 11.9. The highest BCUT2D eigenvalue weighted by molar-refractivity contribution is 9.10. The molecule has 0 aromatic heterocycles. The third-order valence-corrected chi connectivity index (χ3v) is 7.01. The van der Waals surface area contributed by atoms with Gasteiger partial charge in [0.25, 0.3) is 5.91 Å². The van der Waals surface area contributed by atoms with Crippen molar-refractivity contribution in [2.45, 2.75) is 38.6 Å². The largest absolute Gasteiger partial charge is 0.497 e. The van der Waals surface area contributed by atoms with Gasteiger partial charge in [-0.05, 0) is 47.9 Å². The van der Waals surface area contributed by atoms with Gasteiger partial charge in [-0.2, -0.15) is 10.0 Å². The first kappa shape index (κ1) is 25.9. The number of rotatable bonds is 7. The molecule has 3 aromatic rings. The molecule has 0 unspecified atom stereocenters. The summed E-state index contributed by atoms with van der Waals surface area (Å²) in [6, 6.07) is 23.7. The zero-order valence-electron chi connectivity index (χ0n) is 20.4. The molecule has 2 amide bonds. The van der Waals surface area contributed by atoms with Crippen molar-refractivity contribution in [2.75, 3.05) is 7.11 Å². The summed E-state index contributed by atoms with van der Waals surface area (Å²) in [5.74, 6) is -0.717. The van der Waals surface area contributed by atoms with E-state index >= 15 is 0 Å². The van der Waals surface area contributed by atoms with Crippen LogP contribution in [0.2, 0.25) is 0 Å². The fraction of sp³-hybridized carbons (Fsp3) is 0.286. The van der Waals surface area contributed by atoms with Gasteiger partial charge in [-0.25, -0.2) is 4.79 Å². The van der Waals surface area contributed by atoms with Crippen molar-refractivity contribution in [3.8, 4) is 5.75 Å². The number of hydrazine groups is 1. The van der Waals surface area contributed by atoms with Crippen LogP contribution in [-0.2, 0) is 16.1 Å². The van der Waals surface area contributed by atoms with Crippen molar-refractivity contribution in [2.24, 2.45) is 5.92 Å². The van der Waals surface area contributed by atoms with Crippen LogP contribution in [0.3, 0.4) is 0 Å². The zero-order chi connectivity index (χ0) is 25.8. The van der Waals surface area contributed by atoms with E-state index in [0.717, 1.165) is 20.6 Å². The van der Waals surface area contributed by atoms with E-state index in [1.807, 2.05) is 61.5 Å². The number of aliphatic hydroxyl groups excluding tert-OH is 1. The van der Waals surface area contributed by atoms with Crippen LogP contribution in [0.4, 0.5) is 4.79 Å². The van der Waals surface area contributed by atoms with Crippen LogP contribution in [-0.4, -0.2) is 40.3 Å². The average molecular weight is 553 g/mol. The molecule has 1 aliphatic heterocycles. The van der Waals surface area contributed by atoms with E-state index in [4.69, 9.17) is 9.47 Å². The van der Waals surface area contributed by atoms with Gasteiger partial charge in [-0.1, -0.05) is 77.5 Å². The molecule has 0 spiro atoms. The van der Waals surface area contributed by atoms with Gasteiger partial charge in [0.2, 0.25) is 0 Å². The molecule has 188 valence electrons. The van der Waals surface area contributed by atoms with Gasteiger partial charge in [0.05, 0.1) is 25.2 Å². The van der Waals surface area contributed by atoms with Crippen LogP contribution < -0.4 is 4.74 Å². The predicted octanol–water partition coefficient (Wildman–Crippen LogP) is 5.65. The van der Waals surface area contributed by atoms with Gasteiger partial charge in [0.15, 0.2) is 0 Å².